The smallest absolute Gasteiger partial charge is 0.327 e. The van der Waals surface area contributed by atoms with Crippen molar-refractivity contribution in [1.29, 1.82) is 0 Å². The van der Waals surface area contributed by atoms with Gasteiger partial charge in [-0.3, -0.25) is 5.32 Å². The van der Waals surface area contributed by atoms with Crippen LogP contribution in [0.3, 0.4) is 0 Å². The minimum Gasteiger partial charge on any atom is -0.497 e. The van der Waals surface area contributed by atoms with Crippen LogP contribution < -0.4 is 10.1 Å². The molecule has 0 aliphatic carbocycles. The number of ether oxygens (including phenoxy) is 2. The van der Waals surface area contributed by atoms with Crippen molar-refractivity contribution in [2.45, 2.75) is 12.6 Å². The summed E-state index contributed by atoms with van der Waals surface area (Å²) in [5.41, 5.74) is 1.96. The fourth-order valence-electron chi connectivity index (χ4n) is 2.06. The van der Waals surface area contributed by atoms with Gasteiger partial charge in [-0.2, -0.15) is 0 Å². The Balaban J connectivity index is 2.07. The highest BCUT2D eigenvalue weighted by Crippen LogP contribution is 2.16. The molecule has 0 aliphatic rings. The summed E-state index contributed by atoms with van der Waals surface area (Å²) in [6, 6.07) is 16.8. The zero-order chi connectivity index (χ0) is 15.1. The molecule has 2 aromatic carbocycles. The second kappa shape index (κ2) is 7.45. The Hall–Kier alpha value is -2.33. The lowest BCUT2D eigenvalue weighted by molar-refractivity contribution is -0.143. The zero-order valence-corrected chi connectivity index (χ0v) is 12.2. The zero-order valence-electron chi connectivity index (χ0n) is 12.2. The van der Waals surface area contributed by atoms with Gasteiger partial charge in [0.2, 0.25) is 0 Å². The summed E-state index contributed by atoms with van der Waals surface area (Å²) in [4.78, 5) is 11.9. The van der Waals surface area contributed by atoms with E-state index in [-0.39, 0.29) is 5.97 Å². The molecule has 110 valence electrons. The van der Waals surface area contributed by atoms with E-state index < -0.39 is 6.04 Å². The monoisotopic (exact) mass is 285 g/mol. The molecule has 0 fully saturated rings. The number of hydrogen-bond donors (Lipinski definition) is 1. The van der Waals surface area contributed by atoms with Crippen LogP contribution in [0.15, 0.2) is 54.6 Å². The number of esters is 1. The van der Waals surface area contributed by atoms with Gasteiger partial charge >= 0.3 is 5.97 Å². The molecule has 1 unspecified atom stereocenters. The van der Waals surface area contributed by atoms with Gasteiger partial charge < -0.3 is 9.47 Å². The Kier molecular flexibility index (Phi) is 5.35. The van der Waals surface area contributed by atoms with Gasteiger partial charge in [-0.15, -0.1) is 0 Å². The lowest BCUT2D eigenvalue weighted by Gasteiger charge is -2.17. The summed E-state index contributed by atoms with van der Waals surface area (Å²) >= 11 is 0. The van der Waals surface area contributed by atoms with Gasteiger partial charge in [-0.05, 0) is 23.3 Å². The average molecular weight is 285 g/mol. The van der Waals surface area contributed by atoms with Gasteiger partial charge in [0.05, 0.1) is 14.2 Å². The SMILES string of the molecule is COC(=O)C(NCc1ccc(OC)cc1)c1ccccc1. The van der Waals surface area contributed by atoms with E-state index in [9.17, 15) is 4.79 Å². The predicted molar refractivity (Wildman–Crippen MR) is 81.0 cm³/mol. The molecule has 4 nitrogen and oxygen atoms in total. The molecule has 0 aliphatic heterocycles. The van der Waals surface area contributed by atoms with Crippen molar-refractivity contribution in [2.24, 2.45) is 0 Å². The molecular formula is C17H19NO3. The molecule has 0 saturated carbocycles. The Morgan fingerprint density at radius 1 is 1.05 bits per heavy atom. The molecule has 0 bridgehead atoms. The summed E-state index contributed by atoms with van der Waals surface area (Å²) in [5.74, 6) is 0.515. The van der Waals surface area contributed by atoms with Crippen LogP contribution in [0.1, 0.15) is 17.2 Å². The van der Waals surface area contributed by atoms with Crippen molar-refractivity contribution in [1.82, 2.24) is 5.32 Å². The van der Waals surface area contributed by atoms with E-state index in [1.54, 1.807) is 7.11 Å². The second-order valence-electron chi connectivity index (χ2n) is 4.60. The van der Waals surface area contributed by atoms with Crippen molar-refractivity contribution in [3.05, 3.63) is 65.7 Å². The molecule has 0 spiro atoms. The first-order valence-electron chi connectivity index (χ1n) is 6.73. The Bertz CT molecular complexity index is 566. The van der Waals surface area contributed by atoms with Gasteiger partial charge in [-0.25, -0.2) is 4.79 Å². The molecule has 21 heavy (non-hydrogen) atoms. The molecule has 2 aromatic rings. The highest BCUT2D eigenvalue weighted by atomic mass is 16.5. The lowest BCUT2D eigenvalue weighted by atomic mass is 10.1. The third-order valence-corrected chi connectivity index (χ3v) is 3.24. The first-order chi connectivity index (χ1) is 10.2. The van der Waals surface area contributed by atoms with Crippen LogP contribution >= 0.6 is 0 Å². The predicted octanol–water partition coefficient (Wildman–Crippen LogP) is 2.70. The minimum atomic E-state index is -0.474. The molecule has 0 radical (unpaired) electrons. The minimum absolute atomic E-state index is 0.297. The summed E-state index contributed by atoms with van der Waals surface area (Å²) < 4.78 is 10.00. The summed E-state index contributed by atoms with van der Waals surface area (Å²) in [5, 5.41) is 3.23. The number of benzene rings is 2. The lowest BCUT2D eigenvalue weighted by Crippen LogP contribution is -2.29. The van der Waals surface area contributed by atoms with Crippen LogP contribution in [0.4, 0.5) is 0 Å². The molecule has 1 N–H and O–H groups in total. The van der Waals surface area contributed by atoms with Crippen LogP contribution in [0.2, 0.25) is 0 Å². The third-order valence-electron chi connectivity index (χ3n) is 3.24. The molecular weight excluding hydrogens is 266 g/mol. The molecule has 0 saturated heterocycles. The maximum absolute atomic E-state index is 11.9. The summed E-state index contributed by atoms with van der Waals surface area (Å²) in [6.45, 7) is 0.568. The fraction of sp³-hybridized carbons (Fsp3) is 0.235. The maximum atomic E-state index is 11.9. The number of rotatable bonds is 6. The van der Waals surface area contributed by atoms with Crippen molar-refractivity contribution in [3.63, 3.8) is 0 Å². The summed E-state index contributed by atoms with van der Waals surface area (Å²) in [6.07, 6.45) is 0. The highest BCUT2D eigenvalue weighted by Gasteiger charge is 2.20. The van der Waals surface area contributed by atoms with Crippen molar-refractivity contribution in [3.8, 4) is 5.75 Å². The van der Waals surface area contributed by atoms with Gasteiger partial charge in [0, 0.05) is 6.54 Å². The fourth-order valence-corrected chi connectivity index (χ4v) is 2.06. The van der Waals surface area contributed by atoms with Crippen molar-refractivity contribution < 1.29 is 14.3 Å². The standard InChI is InChI=1S/C17H19NO3/c1-20-15-10-8-13(9-11-15)12-18-16(17(19)21-2)14-6-4-3-5-7-14/h3-11,16,18H,12H2,1-2H3. The van der Waals surface area contributed by atoms with Gasteiger partial charge in [0.25, 0.3) is 0 Å². The number of methoxy groups -OCH3 is 2. The first-order valence-corrected chi connectivity index (χ1v) is 6.73. The van der Waals surface area contributed by atoms with Crippen LogP contribution in [-0.4, -0.2) is 20.2 Å². The van der Waals surface area contributed by atoms with Crippen LogP contribution in [0.5, 0.6) is 5.75 Å². The maximum Gasteiger partial charge on any atom is 0.327 e. The molecule has 0 aromatic heterocycles. The Labute approximate surface area is 124 Å². The van der Waals surface area contributed by atoms with E-state index in [4.69, 9.17) is 9.47 Å². The van der Waals surface area contributed by atoms with Crippen molar-refractivity contribution in [2.75, 3.05) is 14.2 Å². The number of hydrogen-bond acceptors (Lipinski definition) is 4. The molecule has 0 heterocycles. The quantitative estimate of drug-likeness (QED) is 0.829. The molecule has 1 atom stereocenters. The molecule has 0 amide bonds. The number of nitrogens with one attached hydrogen (secondary N) is 1. The van der Waals surface area contributed by atoms with E-state index >= 15 is 0 Å². The van der Waals surface area contributed by atoms with Gasteiger partial charge in [0.1, 0.15) is 11.8 Å². The van der Waals surface area contributed by atoms with Crippen LogP contribution in [0.25, 0.3) is 0 Å². The topological polar surface area (TPSA) is 47.6 Å². The Morgan fingerprint density at radius 2 is 1.71 bits per heavy atom. The first kappa shape index (κ1) is 15.1. The third kappa shape index (κ3) is 4.07. The number of carbonyl (C=O) groups is 1. The second-order valence-corrected chi connectivity index (χ2v) is 4.60. The molecule has 4 heteroatoms. The van der Waals surface area contributed by atoms with E-state index in [0.717, 1.165) is 16.9 Å². The molecule has 2 rings (SSSR count). The van der Waals surface area contributed by atoms with E-state index in [0.29, 0.717) is 6.54 Å². The summed E-state index contributed by atoms with van der Waals surface area (Å²) in [7, 11) is 3.03. The van der Waals surface area contributed by atoms with E-state index in [1.165, 1.54) is 7.11 Å². The van der Waals surface area contributed by atoms with E-state index in [2.05, 4.69) is 5.32 Å². The van der Waals surface area contributed by atoms with Crippen molar-refractivity contribution >= 4 is 5.97 Å². The Morgan fingerprint density at radius 3 is 2.29 bits per heavy atom. The highest BCUT2D eigenvalue weighted by molar-refractivity contribution is 5.77. The normalized spacial score (nSPS) is 11.7. The largest absolute Gasteiger partial charge is 0.497 e. The van der Waals surface area contributed by atoms with E-state index in [1.807, 2.05) is 54.6 Å². The average Bonchev–Trinajstić information content (AvgIpc) is 2.56. The number of carbonyl (C=O) groups excluding carboxylic acids is 1. The van der Waals surface area contributed by atoms with Gasteiger partial charge in [-0.1, -0.05) is 42.5 Å². The van der Waals surface area contributed by atoms with Crippen LogP contribution in [-0.2, 0) is 16.1 Å². The van der Waals surface area contributed by atoms with Crippen LogP contribution in [0, 0.1) is 0 Å². The van der Waals surface area contributed by atoms with Gasteiger partial charge in [0.15, 0.2) is 0 Å².